The van der Waals surface area contributed by atoms with Gasteiger partial charge in [-0.1, -0.05) is 12.8 Å². The van der Waals surface area contributed by atoms with Gasteiger partial charge >= 0.3 is 0 Å². The van der Waals surface area contributed by atoms with Crippen LogP contribution in [0.15, 0.2) is 0 Å². The van der Waals surface area contributed by atoms with Crippen LogP contribution in [0.4, 0.5) is 0 Å². The van der Waals surface area contributed by atoms with Crippen molar-refractivity contribution in [3.05, 3.63) is 0 Å². The Kier molecular flexibility index (Phi) is 5.40. The first-order chi connectivity index (χ1) is 9.59. The van der Waals surface area contributed by atoms with Crippen molar-refractivity contribution in [3.63, 3.8) is 0 Å². The topological polar surface area (TPSA) is 52.7 Å². The van der Waals surface area contributed by atoms with E-state index in [9.17, 15) is 9.59 Å². The molecule has 0 radical (unpaired) electrons. The van der Waals surface area contributed by atoms with E-state index in [2.05, 4.69) is 5.32 Å². The molecule has 0 aromatic rings. The molecule has 0 aromatic carbocycles. The summed E-state index contributed by atoms with van der Waals surface area (Å²) in [6, 6.07) is 0. The first-order valence-corrected chi connectivity index (χ1v) is 7.81. The summed E-state index contributed by atoms with van der Waals surface area (Å²) in [5, 5.41) is 2.92. The molecule has 114 valence electrons. The van der Waals surface area contributed by atoms with E-state index in [4.69, 9.17) is 0 Å². The highest BCUT2D eigenvalue weighted by Crippen LogP contribution is 2.40. The molecule has 0 bridgehead atoms. The van der Waals surface area contributed by atoms with Gasteiger partial charge in [-0.05, 0) is 33.4 Å². The van der Waals surface area contributed by atoms with Crippen LogP contribution in [0, 0.1) is 11.8 Å². The molecule has 2 amide bonds. The van der Waals surface area contributed by atoms with Crippen LogP contribution >= 0.6 is 0 Å². The van der Waals surface area contributed by atoms with Crippen LogP contribution in [0.3, 0.4) is 0 Å². The molecule has 2 atom stereocenters. The van der Waals surface area contributed by atoms with Crippen LogP contribution in [0.25, 0.3) is 0 Å². The Morgan fingerprint density at radius 1 is 1.10 bits per heavy atom. The first kappa shape index (κ1) is 15.3. The first-order valence-electron chi connectivity index (χ1n) is 7.81. The number of hydrogen-bond acceptors (Lipinski definition) is 3. The van der Waals surface area contributed by atoms with E-state index in [1.54, 1.807) is 0 Å². The van der Waals surface area contributed by atoms with E-state index in [-0.39, 0.29) is 23.7 Å². The molecule has 0 spiro atoms. The zero-order valence-electron chi connectivity index (χ0n) is 12.7. The Balaban J connectivity index is 1.72. The molecule has 2 fully saturated rings. The van der Waals surface area contributed by atoms with E-state index in [0.717, 1.165) is 38.9 Å². The Morgan fingerprint density at radius 2 is 1.75 bits per heavy atom. The average Bonchev–Trinajstić information content (AvgIpc) is 3.21. The highest BCUT2D eigenvalue weighted by molar-refractivity contribution is 5.92. The van der Waals surface area contributed by atoms with Crippen LogP contribution in [-0.4, -0.2) is 61.9 Å². The third-order valence-electron chi connectivity index (χ3n) is 4.22. The minimum Gasteiger partial charge on any atom is -0.355 e. The van der Waals surface area contributed by atoms with Crippen molar-refractivity contribution in [1.82, 2.24) is 15.1 Å². The fourth-order valence-corrected chi connectivity index (χ4v) is 2.82. The monoisotopic (exact) mass is 281 g/mol. The highest BCUT2D eigenvalue weighted by atomic mass is 16.2. The van der Waals surface area contributed by atoms with Crippen molar-refractivity contribution in [1.29, 1.82) is 0 Å². The van der Waals surface area contributed by atoms with Crippen molar-refractivity contribution in [2.45, 2.75) is 32.1 Å². The van der Waals surface area contributed by atoms with E-state index in [1.165, 1.54) is 12.8 Å². The van der Waals surface area contributed by atoms with Crippen LogP contribution in [-0.2, 0) is 9.59 Å². The summed E-state index contributed by atoms with van der Waals surface area (Å²) in [6.45, 7) is 3.25. The highest BCUT2D eigenvalue weighted by Gasteiger charge is 2.49. The molecule has 1 saturated heterocycles. The lowest BCUT2D eigenvalue weighted by molar-refractivity contribution is -0.134. The number of carbonyl (C=O) groups excluding carboxylic acids is 2. The number of amides is 2. The van der Waals surface area contributed by atoms with E-state index < -0.39 is 0 Å². The molecule has 1 N–H and O–H groups in total. The second-order valence-electron chi connectivity index (χ2n) is 6.28. The largest absolute Gasteiger partial charge is 0.355 e. The minimum atomic E-state index is -0.0760. The number of nitrogens with zero attached hydrogens (tertiary/aromatic N) is 2. The molecule has 2 unspecified atom stereocenters. The summed E-state index contributed by atoms with van der Waals surface area (Å²) in [5.74, 6) is 0.139. The second-order valence-corrected chi connectivity index (χ2v) is 6.28. The maximum atomic E-state index is 12.3. The summed E-state index contributed by atoms with van der Waals surface area (Å²) < 4.78 is 0. The zero-order valence-corrected chi connectivity index (χ0v) is 12.7. The lowest BCUT2D eigenvalue weighted by Gasteiger charge is -2.20. The number of likely N-dealkylation sites (N-methyl/N-ethyl adjacent to an activating group) is 1. The second kappa shape index (κ2) is 7.07. The molecule has 2 aliphatic rings. The van der Waals surface area contributed by atoms with Gasteiger partial charge in [0.1, 0.15) is 0 Å². The smallest absolute Gasteiger partial charge is 0.226 e. The van der Waals surface area contributed by atoms with Gasteiger partial charge in [0.15, 0.2) is 0 Å². The van der Waals surface area contributed by atoms with E-state index in [1.807, 2.05) is 23.9 Å². The third kappa shape index (κ3) is 4.20. The van der Waals surface area contributed by atoms with Crippen molar-refractivity contribution < 1.29 is 9.59 Å². The van der Waals surface area contributed by atoms with Gasteiger partial charge in [-0.25, -0.2) is 0 Å². The minimum absolute atomic E-state index is 0.0487. The quantitative estimate of drug-likeness (QED) is 0.807. The van der Waals surface area contributed by atoms with Gasteiger partial charge < -0.3 is 15.1 Å². The Hall–Kier alpha value is -1.10. The van der Waals surface area contributed by atoms with Gasteiger partial charge in [-0.3, -0.25) is 9.59 Å². The summed E-state index contributed by atoms with van der Waals surface area (Å²) >= 11 is 0. The Bertz CT molecular complexity index is 349. The molecule has 1 aliphatic carbocycles. The fourth-order valence-electron chi connectivity index (χ4n) is 2.82. The summed E-state index contributed by atoms with van der Waals surface area (Å²) in [7, 11) is 3.96. The van der Waals surface area contributed by atoms with Crippen LogP contribution in [0.5, 0.6) is 0 Å². The van der Waals surface area contributed by atoms with Gasteiger partial charge in [-0.15, -0.1) is 0 Å². The lowest BCUT2D eigenvalue weighted by atomic mass is 10.2. The zero-order chi connectivity index (χ0) is 14.5. The van der Waals surface area contributed by atoms with E-state index in [0.29, 0.717) is 6.54 Å². The number of likely N-dealkylation sites (tertiary alicyclic amines) is 1. The van der Waals surface area contributed by atoms with Crippen molar-refractivity contribution in [3.8, 4) is 0 Å². The van der Waals surface area contributed by atoms with Crippen LogP contribution in [0.1, 0.15) is 32.1 Å². The molecule has 5 nitrogen and oxygen atoms in total. The van der Waals surface area contributed by atoms with Gasteiger partial charge in [0.25, 0.3) is 0 Å². The van der Waals surface area contributed by atoms with Crippen LogP contribution in [0.2, 0.25) is 0 Å². The van der Waals surface area contributed by atoms with Crippen molar-refractivity contribution in [2.24, 2.45) is 11.8 Å². The Morgan fingerprint density at radius 3 is 2.35 bits per heavy atom. The molecular formula is C15H27N3O2. The van der Waals surface area contributed by atoms with Gasteiger partial charge in [0.05, 0.1) is 11.8 Å². The number of hydrogen-bond donors (Lipinski definition) is 1. The predicted octanol–water partition coefficient (Wildman–Crippen LogP) is 0.703. The summed E-state index contributed by atoms with van der Waals surface area (Å²) in [4.78, 5) is 28.3. The van der Waals surface area contributed by atoms with E-state index >= 15 is 0 Å². The van der Waals surface area contributed by atoms with Crippen LogP contribution < -0.4 is 5.32 Å². The standard InChI is InChI=1S/C15H27N3O2/c1-17(2)10-7-16-14(19)12-11-13(12)15(20)18-8-5-3-4-6-9-18/h12-13H,3-11H2,1-2H3,(H,16,19). The van der Waals surface area contributed by atoms with Crippen molar-refractivity contribution >= 4 is 11.8 Å². The van der Waals surface area contributed by atoms with Crippen molar-refractivity contribution in [2.75, 3.05) is 40.3 Å². The number of rotatable bonds is 5. The van der Waals surface area contributed by atoms with Gasteiger partial charge in [-0.2, -0.15) is 0 Å². The normalized spacial score (nSPS) is 26.2. The maximum Gasteiger partial charge on any atom is 0.226 e. The molecule has 2 rings (SSSR count). The molecule has 1 heterocycles. The third-order valence-corrected chi connectivity index (χ3v) is 4.22. The predicted molar refractivity (Wildman–Crippen MR) is 78.2 cm³/mol. The molecule has 1 saturated carbocycles. The number of carbonyl (C=O) groups is 2. The Labute approximate surface area is 121 Å². The fraction of sp³-hybridized carbons (Fsp3) is 0.867. The molecule has 5 heteroatoms. The molecule has 1 aliphatic heterocycles. The molecule has 20 heavy (non-hydrogen) atoms. The molecular weight excluding hydrogens is 254 g/mol. The molecule has 0 aromatic heterocycles. The number of nitrogens with one attached hydrogen (secondary N) is 1. The summed E-state index contributed by atoms with van der Waals surface area (Å²) in [5.41, 5.74) is 0. The lowest BCUT2D eigenvalue weighted by Crippen LogP contribution is -2.36. The summed E-state index contributed by atoms with van der Waals surface area (Å²) in [6.07, 6.45) is 5.41. The SMILES string of the molecule is CN(C)CCNC(=O)C1CC1C(=O)N1CCCCCC1. The van der Waals surface area contributed by atoms with Gasteiger partial charge in [0.2, 0.25) is 11.8 Å². The maximum absolute atomic E-state index is 12.3. The van der Waals surface area contributed by atoms with Gasteiger partial charge in [0, 0.05) is 26.2 Å². The average molecular weight is 281 g/mol.